The summed E-state index contributed by atoms with van der Waals surface area (Å²) in [6.07, 6.45) is 2.17. The van der Waals surface area contributed by atoms with Crippen molar-refractivity contribution in [1.82, 2.24) is 9.62 Å². The largest absolute Gasteiger partial charge is 0.306 e. The fourth-order valence-electron chi connectivity index (χ4n) is 1.51. The second kappa shape index (κ2) is 4.44. The van der Waals surface area contributed by atoms with Gasteiger partial charge in [0.1, 0.15) is 0 Å². The maximum atomic E-state index is 11.7. The molecule has 0 radical (unpaired) electrons. The Morgan fingerprint density at radius 3 is 2.54 bits per heavy atom. The molecule has 78 valence electrons. The van der Waals surface area contributed by atoms with Crippen LogP contribution in [0, 0.1) is 0 Å². The molecule has 0 saturated carbocycles. The molecule has 0 aliphatic carbocycles. The number of hydrogen-bond acceptors (Lipinski definition) is 2. The number of nitrogens with one attached hydrogen (secondary N) is 1. The predicted molar refractivity (Wildman–Crippen MR) is 59.5 cm³/mol. The number of likely N-dealkylation sites (tertiary alicyclic amines) is 1. The second-order valence-electron chi connectivity index (χ2n) is 3.80. The van der Waals surface area contributed by atoms with E-state index in [0.717, 1.165) is 25.9 Å². The van der Waals surface area contributed by atoms with E-state index in [1.54, 1.807) is 0 Å². The summed E-state index contributed by atoms with van der Waals surface area (Å²) in [6, 6.07) is 0.404. The van der Waals surface area contributed by atoms with Gasteiger partial charge in [-0.25, -0.2) is 4.72 Å². The Kier molecular flexibility index (Phi) is 3.76. The molecule has 4 heteroatoms. The summed E-state index contributed by atoms with van der Waals surface area (Å²) in [5, 5.41) is 0. The highest BCUT2D eigenvalue weighted by Gasteiger charge is 2.18. The first-order valence-corrected chi connectivity index (χ1v) is 6.74. The number of nitrogens with zero attached hydrogens (tertiary/aromatic N) is 1. The molecule has 1 N–H and O–H groups in total. The van der Waals surface area contributed by atoms with Crippen LogP contribution in [0.1, 0.15) is 19.8 Å². The number of piperidine rings is 1. The van der Waals surface area contributed by atoms with Crippen molar-refractivity contribution >= 4 is 15.6 Å². The zero-order valence-corrected chi connectivity index (χ0v) is 9.40. The fourth-order valence-corrected chi connectivity index (χ4v) is 2.52. The summed E-state index contributed by atoms with van der Waals surface area (Å²) >= 11 is 0. The Hall–Kier alpha value is -0.0600. The van der Waals surface area contributed by atoms with Crippen LogP contribution in [0.5, 0.6) is 0 Å². The van der Waals surface area contributed by atoms with Crippen LogP contribution in [0.15, 0.2) is 0 Å². The third-order valence-corrected chi connectivity index (χ3v) is 4.26. The van der Waals surface area contributed by atoms with Gasteiger partial charge in [0.25, 0.3) is 0 Å². The molecule has 1 heterocycles. The highest BCUT2D eigenvalue weighted by Crippen LogP contribution is 2.09. The van der Waals surface area contributed by atoms with Crippen LogP contribution >= 0.6 is 0 Å². The summed E-state index contributed by atoms with van der Waals surface area (Å²) in [5.41, 5.74) is 0. The fraction of sp³-hybridized carbons (Fsp3) is 0.889. The second-order valence-corrected chi connectivity index (χ2v) is 6.23. The zero-order valence-electron chi connectivity index (χ0n) is 8.58. The number of rotatable bonds is 3. The van der Waals surface area contributed by atoms with E-state index in [1.807, 2.05) is 6.92 Å². The van der Waals surface area contributed by atoms with Gasteiger partial charge in [-0.15, -0.1) is 0 Å². The van der Waals surface area contributed by atoms with E-state index in [1.165, 1.54) is 0 Å². The molecule has 0 amide bonds. The van der Waals surface area contributed by atoms with Crippen molar-refractivity contribution in [3.05, 3.63) is 0 Å². The van der Waals surface area contributed by atoms with Crippen molar-refractivity contribution in [2.45, 2.75) is 25.8 Å². The highest BCUT2D eigenvalue weighted by atomic mass is 32.2. The van der Waals surface area contributed by atoms with Crippen LogP contribution in [0.25, 0.3) is 0 Å². The van der Waals surface area contributed by atoms with Crippen LogP contribution in [-0.4, -0.2) is 46.9 Å². The average Bonchev–Trinajstić information content (AvgIpc) is 2.09. The van der Waals surface area contributed by atoms with E-state index in [2.05, 4.69) is 22.5 Å². The Morgan fingerprint density at radius 2 is 2.08 bits per heavy atom. The van der Waals surface area contributed by atoms with E-state index in [0.29, 0.717) is 11.8 Å². The maximum absolute atomic E-state index is 11.7. The van der Waals surface area contributed by atoms with Crippen molar-refractivity contribution in [2.24, 2.45) is 0 Å². The lowest BCUT2D eigenvalue weighted by molar-refractivity contribution is 0.249. The molecular formula is C9H20N2OS. The molecule has 0 aromatic heterocycles. The average molecular weight is 204 g/mol. The Morgan fingerprint density at radius 1 is 1.54 bits per heavy atom. The van der Waals surface area contributed by atoms with Gasteiger partial charge in [0.15, 0.2) is 0 Å². The lowest BCUT2D eigenvalue weighted by Crippen LogP contribution is -2.43. The van der Waals surface area contributed by atoms with Crippen molar-refractivity contribution in [1.29, 1.82) is 0 Å². The van der Waals surface area contributed by atoms with Gasteiger partial charge in [-0.2, -0.15) is 0 Å². The molecule has 1 rings (SSSR count). The van der Waals surface area contributed by atoms with Crippen LogP contribution in [-0.2, 0) is 9.71 Å². The van der Waals surface area contributed by atoms with Crippen LogP contribution in [0.2, 0.25) is 0 Å². The predicted octanol–water partition coefficient (Wildman–Crippen LogP) is 0.321. The summed E-state index contributed by atoms with van der Waals surface area (Å²) in [4.78, 5) is 2.30. The van der Waals surface area contributed by atoms with E-state index in [-0.39, 0.29) is 0 Å². The summed E-state index contributed by atoms with van der Waals surface area (Å²) < 4.78 is 14.8. The van der Waals surface area contributed by atoms with Crippen molar-refractivity contribution in [2.75, 3.05) is 25.9 Å². The van der Waals surface area contributed by atoms with E-state index >= 15 is 0 Å². The molecule has 3 nitrogen and oxygen atoms in total. The summed E-state index contributed by atoms with van der Waals surface area (Å²) in [7, 11) is 0.117. The molecule has 1 saturated heterocycles. The third-order valence-electron chi connectivity index (χ3n) is 2.57. The minimum absolute atomic E-state index is 0.404. The van der Waals surface area contributed by atoms with E-state index in [9.17, 15) is 4.21 Å². The molecule has 13 heavy (non-hydrogen) atoms. The Bertz CT molecular complexity index is 240. The lowest BCUT2D eigenvalue weighted by atomic mass is 10.1. The summed E-state index contributed by atoms with van der Waals surface area (Å²) in [5.74, 6) is 4.33. The van der Waals surface area contributed by atoms with E-state index in [4.69, 9.17) is 0 Å². The van der Waals surface area contributed by atoms with Crippen LogP contribution in [0.4, 0.5) is 0 Å². The SMILES string of the molecule is C=S(=O)(CC)NC1CCN(C)CC1. The van der Waals surface area contributed by atoms with Gasteiger partial charge in [0.05, 0.1) is 0 Å². The molecular weight excluding hydrogens is 184 g/mol. The minimum Gasteiger partial charge on any atom is -0.306 e. The number of hydrogen-bond donors (Lipinski definition) is 1. The summed E-state index contributed by atoms with van der Waals surface area (Å²) in [6.45, 7) is 4.10. The van der Waals surface area contributed by atoms with Gasteiger partial charge in [-0.05, 0) is 38.8 Å². The van der Waals surface area contributed by atoms with Gasteiger partial charge in [0.2, 0.25) is 0 Å². The molecule has 1 aliphatic rings. The first kappa shape index (κ1) is 11.0. The van der Waals surface area contributed by atoms with Crippen LogP contribution in [0.3, 0.4) is 0 Å². The van der Waals surface area contributed by atoms with Crippen molar-refractivity contribution in [3.8, 4) is 0 Å². The van der Waals surface area contributed by atoms with Crippen LogP contribution < -0.4 is 4.72 Å². The third kappa shape index (κ3) is 3.67. The Balaban J connectivity index is 2.39. The normalized spacial score (nSPS) is 25.7. The maximum Gasteiger partial charge on any atom is 0.0261 e. The molecule has 0 aromatic carbocycles. The minimum atomic E-state index is -2.01. The zero-order chi connectivity index (χ0) is 9.90. The standard InChI is InChI=1S/C9H20N2OS/c1-4-13(3,12)10-9-5-7-11(2)8-6-9/h9H,3-8H2,1-2H3,(H,10,12). The van der Waals surface area contributed by atoms with Crippen molar-refractivity contribution in [3.63, 3.8) is 0 Å². The first-order valence-electron chi connectivity index (χ1n) is 4.84. The molecule has 0 aromatic rings. The smallest absolute Gasteiger partial charge is 0.0261 e. The quantitative estimate of drug-likeness (QED) is 0.672. The Labute approximate surface area is 81.6 Å². The topological polar surface area (TPSA) is 32.3 Å². The molecule has 1 atom stereocenters. The van der Waals surface area contributed by atoms with Gasteiger partial charge in [0, 0.05) is 21.5 Å². The molecule has 1 aliphatic heterocycles. The van der Waals surface area contributed by atoms with Gasteiger partial charge < -0.3 is 4.90 Å². The highest BCUT2D eigenvalue weighted by molar-refractivity contribution is 7.98. The van der Waals surface area contributed by atoms with E-state index < -0.39 is 9.71 Å². The molecule has 1 fully saturated rings. The molecule has 0 bridgehead atoms. The molecule has 0 spiro atoms. The lowest BCUT2D eigenvalue weighted by Gasteiger charge is -2.30. The molecule has 1 unspecified atom stereocenters. The first-order chi connectivity index (χ1) is 6.03. The van der Waals surface area contributed by atoms with Gasteiger partial charge in [-0.3, -0.25) is 4.21 Å². The van der Waals surface area contributed by atoms with Crippen molar-refractivity contribution < 1.29 is 4.21 Å². The van der Waals surface area contributed by atoms with Gasteiger partial charge >= 0.3 is 0 Å². The monoisotopic (exact) mass is 204 g/mol. The van der Waals surface area contributed by atoms with Gasteiger partial charge in [-0.1, -0.05) is 6.92 Å².